The lowest BCUT2D eigenvalue weighted by Gasteiger charge is -2.39. The molecule has 0 radical (unpaired) electrons. The number of rotatable bonds is 4. The maximum atomic E-state index is 11.2. The molecule has 1 fully saturated rings. The summed E-state index contributed by atoms with van der Waals surface area (Å²) >= 11 is 0. The first-order chi connectivity index (χ1) is 13.1. The fraction of sp³-hybridized carbons (Fsp3) is 0.364. The lowest BCUT2D eigenvalue weighted by atomic mass is 9.82. The molecule has 0 bridgehead atoms. The maximum absolute atomic E-state index is 11.2. The van der Waals surface area contributed by atoms with Crippen molar-refractivity contribution in [3.05, 3.63) is 71.3 Å². The summed E-state index contributed by atoms with van der Waals surface area (Å²) in [4.78, 5) is 18.0. The molecular formula is C22H29IN4O. The number of piperidine rings is 1. The first-order valence-electron chi connectivity index (χ1n) is 9.47. The Balaban J connectivity index is 0.00000280. The van der Waals surface area contributed by atoms with Gasteiger partial charge in [0.25, 0.3) is 0 Å². The van der Waals surface area contributed by atoms with Crippen LogP contribution < -0.4 is 11.1 Å². The lowest BCUT2D eigenvalue weighted by molar-refractivity contribution is 0.100. The topological polar surface area (TPSA) is 70.7 Å². The van der Waals surface area contributed by atoms with Crippen LogP contribution in [0.15, 0.2) is 59.6 Å². The molecule has 3 N–H and O–H groups in total. The van der Waals surface area contributed by atoms with Gasteiger partial charge < -0.3 is 16.0 Å². The molecule has 1 aliphatic heterocycles. The van der Waals surface area contributed by atoms with E-state index in [4.69, 9.17) is 5.73 Å². The molecule has 0 spiro atoms. The van der Waals surface area contributed by atoms with Crippen molar-refractivity contribution in [1.29, 1.82) is 0 Å². The van der Waals surface area contributed by atoms with E-state index in [1.54, 1.807) is 12.1 Å². The predicted molar refractivity (Wildman–Crippen MR) is 125 cm³/mol. The highest BCUT2D eigenvalue weighted by atomic mass is 127. The molecule has 1 aliphatic rings. The zero-order valence-electron chi connectivity index (χ0n) is 16.5. The van der Waals surface area contributed by atoms with E-state index in [-0.39, 0.29) is 24.0 Å². The van der Waals surface area contributed by atoms with Gasteiger partial charge in [-0.2, -0.15) is 0 Å². The molecule has 6 heteroatoms. The van der Waals surface area contributed by atoms with Crippen LogP contribution in [0, 0.1) is 5.92 Å². The van der Waals surface area contributed by atoms with Crippen molar-refractivity contribution in [1.82, 2.24) is 10.2 Å². The van der Waals surface area contributed by atoms with Crippen molar-refractivity contribution in [2.75, 3.05) is 20.1 Å². The minimum Gasteiger partial charge on any atom is -0.366 e. The first-order valence-corrected chi connectivity index (χ1v) is 9.47. The largest absolute Gasteiger partial charge is 0.366 e. The number of hydrogen-bond acceptors (Lipinski definition) is 2. The monoisotopic (exact) mass is 492 g/mol. The number of nitrogens with one attached hydrogen (secondary N) is 1. The molecule has 2 unspecified atom stereocenters. The highest BCUT2D eigenvalue weighted by Gasteiger charge is 2.28. The Morgan fingerprint density at radius 1 is 1.18 bits per heavy atom. The second kappa shape index (κ2) is 10.5. The molecule has 28 heavy (non-hydrogen) atoms. The number of amides is 1. The van der Waals surface area contributed by atoms with Crippen LogP contribution in [-0.4, -0.2) is 36.9 Å². The zero-order chi connectivity index (χ0) is 19.2. The predicted octanol–water partition coefficient (Wildman–Crippen LogP) is 3.60. The molecule has 2 aromatic rings. The van der Waals surface area contributed by atoms with Crippen LogP contribution in [0.3, 0.4) is 0 Å². The summed E-state index contributed by atoms with van der Waals surface area (Å²) in [6.45, 7) is 4.96. The summed E-state index contributed by atoms with van der Waals surface area (Å²) in [7, 11) is 1.83. The Hall–Kier alpha value is -2.09. The number of primary amides is 1. The van der Waals surface area contributed by atoms with Gasteiger partial charge in [0.1, 0.15) is 0 Å². The van der Waals surface area contributed by atoms with E-state index < -0.39 is 5.91 Å². The normalized spacial score (nSPS) is 19.6. The number of nitrogens with two attached hydrogens (primary N) is 1. The highest BCUT2D eigenvalue weighted by Crippen LogP contribution is 2.32. The number of carbonyl (C=O) groups excluding carboxylic acids is 1. The van der Waals surface area contributed by atoms with Crippen molar-refractivity contribution in [3.8, 4) is 0 Å². The SMILES string of the molecule is CN=C(NCc1ccc(C(N)=O)cc1)N1CCC(c2ccccc2)C(C)C1.I. The van der Waals surface area contributed by atoms with Crippen LogP contribution in [0.25, 0.3) is 0 Å². The van der Waals surface area contributed by atoms with E-state index in [1.807, 2.05) is 19.2 Å². The van der Waals surface area contributed by atoms with Crippen LogP contribution in [0.2, 0.25) is 0 Å². The lowest BCUT2D eigenvalue weighted by Crippen LogP contribution is -2.47. The Kier molecular flexibility index (Phi) is 8.29. The number of nitrogens with zero attached hydrogens (tertiary/aromatic N) is 2. The number of likely N-dealkylation sites (tertiary alicyclic amines) is 1. The molecule has 150 valence electrons. The molecule has 1 amide bonds. The number of hydrogen-bond donors (Lipinski definition) is 2. The average molecular weight is 492 g/mol. The van der Waals surface area contributed by atoms with Crippen molar-refractivity contribution in [2.45, 2.75) is 25.8 Å². The smallest absolute Gasteiger partial charge is 0.248 e. The minimum absolute atomic E-state index is 0. The zero-order valence-corrected chi connectivity index (χ0v) is 18.8. The van der Waals surface area contributed by atoms with E-state index in [0.717, 1.165) is 31.0 Å². The highest BCUT2D eigenvalue weighted by molar-refractivity contribution is 14.0. The number of halogens is 1. The average Bonchev–Trinajstić information content (AvgIpc) is 2.69. The van der Waals surface area contributed by atoms with Crippen molar-refractivity contribution < 1.29 is 4.79 Å². The standard InChI is InChI=1S/C22H28N4O.HI/c1-16-15-26(13-12-20(16)18-6-4-3-5-7-18)22(24-2)25-14-17-8-10-19(11-9-17)21(23)27;/h3-11,16,20H,12-15H2,1-2H3,(H2,23,27)(H,24,25);1H. The van der Waals surface area contributed by atoms with Gasteiger partial charge in [-0.25, -0.2) is 0 Å². The fourth-order valence-electron chi connectivity index (χ4n) is 3.83. The summed E-state index contributed by atoms with van der Waals surface area (Å²) in [6.07, 6.45) is 1.12. The van der Waals surface area contributed by atoms with E-state index >= 15 is 0 Å². The van der Waals surface area contributed by atoms with Crippen LogP contribution in [0.5, 0.6) is 0 Å². The number of carbonyl (C=O) groups is 1. The van der Waals surface area contributed by atoms with Crippen LogP contribution in [-0.2, 0) is 6.54 Å². The van der Waals surface area contributed by atoms with Gasteiger partial charge in [0, 0.05) is 32.2 Å². The molecule has 0 aliphatic carbocycles. The Morgan fingerprint density at radius 3 is 2.43 bits per heavy atom. The summed E-state index contributed by atoms with van der Waals surface area (Å²) in [5, 5.41) is 3.44. The van der Waals surface area contributed by atoms with E-state index in [0.29, 0.717) is 23.9 Å². The summed E-state index contributed by atoms with van der Waals surface area (Å²) in [5.41, 5.74) is 8.34. The van der Waals surface area contributed by atoms with E-state index in [9.17, 15) is 4.79 Å². The molecule has 0 aromatic heterocycles. The molecule has 1 saturated heterocycles. The molecule has 1 heterocycles. The van der Waals surface area contributed by atoms with E-state index in [2.05, 4.69) is 52.5 Å². The number of guanidine groups is 1. The van der Waals surface area contributed by atoms with Gasteiger partial charge in [-0.05, 0) is 41.5 Å². The Labute approximate surface area is 184 Å². The van der Waals surface area contributed by atoms with Crippen molar-refractivity contribution in [2.24, 2.45) is 16.6 Å². The van der Waals surface area contributed by atoms with Gasteiger partial charge in [0.15, 0.2) is 5.96 Å². The number of benzene rings is 2. The minimum atomic E-state index is -0.402. The van der Waals surface area contributed by atoms with Gasteiger partial charge in [0.05, 0.1) is 0 Å². The van der Waals surface area contributed by atoms with Crippen molar-refractivity contribution >= 4 is 35.8 Å². The molecule has 2 atom stereocenters. The van der Waals surface area contributed by atoms with Crippen LogP contribution >= 0.6 is 24.0 Å². The van der Waals surface area contributed by atoms with Crippen molar-refractivity contribution in [3.63, 3.8) is 0 Å². The van der Waals surface area contributed by atoms with Gasteiger partial charge >= 0.3 is 0 Å². The maximum Gasteiger partial charge on any atom is 0.248 e. The summed E-state index contributed by atoms with van der Waals surface area (Å²) < 4.78 is 0. The molecule has 5 nitrogen and oxygen atoms in total. The van der Waals surface area contributed by atoms with Gasteiger partial charge in [-0.15, -0.1) is 24.0 Å². The second-order valence-corrected chi connectivity index (χ2v) is 7.19. The van der Waals surface area contributed by atoms with E-state index in [1.165, 1.54) is 5.56 Å². The van der Waals surface area contributed by atoms with Gasteiger partial charge in [-0.3, -0.25) is 9.79 Å². The third-order valence-electron chi connectivity index (χ3n) is 5.33. The van der Waals surface area contributed by atoms with Gasteiger partial charge in [0.2, 0.25) is 5.91 Å². The Bertz CT molecular complexity index is 792. The first kappa shape index (κ1) is 22.2. The third kappa shape index (κ3) is 5.47. The molecule has 2 aromatic carbocycles. The fourth-order valence-corrected chi connectivity index (χ4v) is 3.83. The number of aliphatic imine (C=N–C) groups is 1. The molecular weight excluding hydrogens is 463 g/mol. The quantitative estimate of drug-likeness (QED) is 0.389. The summed E-state index contributed by atoms with van der Waals surface area (Å²) in [5.74, 6) is 1.68. The third-order valence-corrected chi connectivity index (χ3v) is 5.33. The summed E-state index contributed by atoms with van der Waals surface area (Å²) in [6, 6.07) is 18.2. The van der Waals surface area contributed by atoms with Gasteiger partial charge in [-0.1, -0.05) is 49.4 Å². The van der Waals surface area contributed by atoms with Crippen LogP contribution in [0.1, 0.15) is 40.7 Å². The molecule has 3 rings (SSSR count). The van der Waals surface area contributed by atoms with Crippen LogP contribution in [0.4, 0.5) is 0 Å². The second-order valence-electron chi connectivity index (χ2n) is 7.19. The molecule has 0 saturated carbocycles. The Morgan fingerprint density at radius 2 is 1.86 bits per heavy atom.